The van der Waals surface area contributed by atoms with Gasteiger partial charge in [-0.3, -0.25) is 0 Å². The van der Waals surface area contributed by atoms with Crippen molar-refractivity contribution in [2.75, 3.05) is 13.2 Å². The Morgan fingerprint density at radius 1 is 1.60 bits per heavy atom. The van der Waals surface area contributed by atoms with Gasteiger partial charge in [-0.2, -0.15) is 0 Å². The van der Waals surface area contributed by atoms with Crippen LogP contribution in [0.5, 0.6) is 0 Å². The monoisotopic (exact) mass is 269 g/mol. The first-order valence-corrected chi connectivity index (χ1v) is 6.06. The van der Waals surface area contributed by atoms with E-state index in [9.17, 15) is 0 Å². The maximum absolute atomic E-state index is 5.88. The van der Waals surface area contributed by atoms with Crippen molar-refractivity contribution in [1.82, 2.24) is 0 Å². The van der Waals surface area contributed by atoms with E-state index in [0.29, 0.717) is 12.5 Å². The minimum Gasteiger partial charge on any atom is -0.370 e. The molecule has 2 rings (SSSR count). The van der Waals surface area contributed by atoms with Crippen molar-refractivity contribution in [2.45, 2.75) is 18.9 Å². The van der Waals surface area contributed by atoms with Crippen molar-refractivity contribution in [2.24, 2.45) is 11.7 Å². The molecule has 1 aliphatic rings. The van der Waals surface area contributed by atoms with Crippen molar-refractivity contribution in [1.29, 1.82) is 0 Å². The van der Waals surface area contributed by atoms with Crippen LogP contribution in [0.3, 0.4) is 0 Å². The quantitative estimate of drug-likeness (QED) is 0.896. The predicted octanol–water partition coefficient (Wildman–Crippen LogP) is 2.66. The number of rotatable bonds is 2. The molecule has 1 fully saturated rings. The average Bonchev–Trinajstić information content (AvgIpc) is 2.61. The summed E-state index contributed by atoms with van der Waals surface area (Å²) in [4.78, 5) is 0. The van der Waals surface area contributed by atoms with Gasteiger partial charge in [0.2, 0.25) is 0 Å². The van der Waals surface area contributed by atoms with Crippen molar-refractivity contribution in [3.05, 3.63) is 34.3 Å². The molecule has 1 heterocycles. The van der Waals surface area contributed by atoms with Crippen LogP contribution < -0.4 is 5.73 Å². The third kappa shape index (κ3) is 1.96. The van der Waals surface area contributed by atoms with E-state index in [1.165, 1.54) is 5.56 Å². The Hall–Kier alpha value is -0.380. The zero-order chi connectivity index (χ0) is 10.9. The lowest BCUT2D eigenvalue weighted by atomic mass is 9.83. The molecule has 3 heteroatoms. The second-order valence-electron chi connectivity index (χ2n) is 4.19. The molecule has 0 aliphatic carbocycles. The van der Waals surface area contributed by atoms with Crippen molar-refractivity contribution in [3.63, 3.8) is 0 Å². The zero-order valence-electron chi connectivity index (χ0n) is 8.87. The molecule has 1 saturated heterocycles. The Bertz CT molecular complexity index is 355. The van der Waals surface area contributed by atoms with Crippen LogP contribution in [0.2, 0.25) is 0 Å². The molecule has 15 heavy (non-hydrogen) atoms. The van der Waals surface area contributed by atoms with Gasteiger partial charge in [0.15, 0.2) is 0 Å². The van der Waals surface area contributed by atoms with E-state index in [1.54, 1.807) is 0 Å². The average molecular weight is 270 g/mol. The zero-order valence-corrected chi connectivity index (χ0v) is 10.5. The highest BCUT2D eigenvalue weighted by Crippen LogP contribution is 2.40. The molecule has 2 N–H and O–H groups in total. The van der Waals surface area contributed by atoms with E-state index in [2.05, 4.69) is 35.0 Å². The first kappa shape index (κ1) is 11.1. The maximum Gasteiger partial charge on any atom is 0.0944 e. The number of hydrogen-bond acceptors (Lipinski definition) is 2. The van der Waals surface area contributed by atoms with Crippen molar-refractivity contribution in [3.8, 4) is 0 Å². The van der Waals surface area contributed by atoms with Gasteiger partial charge in [-0.25, -0.2) is 0 Å². The summed E-state index contributed by atoms with van der Waals surface area (Å²) in [6, 6.07) is 8.30. The molecule has 0 saturated carbocycles. The van der Waals surface area contributed by atoms with Crippen molar-refractivity contribution >= 4 is 15.9 Å². The molecule has 1 aliphatic heterocycles. The second kappa shape index (κ2) is 4.24. The Kier molecular flexibility index (Phi) is 3.14. The third-order valence-corrected chi connectivity index (χ3v) is 3.82. The van der Waals surface area contributed by atoms with Crippen LogP contribution in [0, 0.1) is 5.92 Å². The van der Waals surface area contributed by atoms with Crippen LogP contribution in [0.15, 0.2) is 28.7 Å². The van der Waals surface area contributed by atoms with E-state index in [0.717, 1.165) is 17.5 Å². The molecule has 1 aromatic rings. The van der Waals surface area contributed by atoms with Crippen LogP contribution in [-0.2, 0) is 10.3 Å². The molecule has 0 bridgehead atoms. The van der Waals surface area contributed by atoms with Gasteiger partial charge in [0.1, 0.15) is 0 Å². The summed E-state index contributed by atoms with van der Waals surface area (Å²) in [5, 5.41) is 0. The van der Waals surface area contributed by atoms with Gasteiger partial charge in [0, 0.05) is 17.0 Å². The van der Waals surface area contributed by atoms with Gasteiger partial charge in [-0.1, -0.05) is 28.1 Å². The second-order valence-corrected chi connectivity index (χ2v) is 5.10. The standard InChI is InChI=1S/C12H16BrNO/c1-12(10(8-14)5-6-15-12)9-3-2-4-11(13)7-9/h2-4,7,10H,5-6,8,14H2,1H3. The van der Waals surface area contributed by atoms with E-state index in [4.69, 9.17) is 10.5 Å². The molecule has 2 atom stereocenters. The fourth-order valence-electron chi connectivity index (χ4n) is 2.27. The molecule has 0 aromatic heterocycles. The molecule has 0 radical (unpaired) electrons. The van der Waals surface area contributed by atoms with Crippen LogP contribution in [0.4, 0.5) is 0 Å². The molecule has 1 aromatic carbocycles. The highest BCUT2D eigenvalue weighted by Gasteiger charge is 2.40. The Labute approximate surface area is 98.9 Å². The molecule has 0 amide bonds. The van der Waals surface area contributed by atoms with Gasteiger partial charge < -0.3 is 10.5 Å². The normalized spacial score (nSPS) is 30.7. The number of hydrogen-bond donors (Lipinski definition) is 1. The van der Waals surface area contributed by atoms with E-state index in [1.807, 2.05) is 12.1 Å². The van der Waals surface area contributed by atoms with Gasteiger partial charge in [-0.05, 0) is 37.6 Å². The Morgan fingerprint density at radius 2 is 2.40 bits per heavy atom. The minimum atomic E-state index is -0.210. The topological polar surface area (TPSA) is 35.2 Å². The Balaban J connectivity index is 2.36. The summed E-state index contributed by atoms with van der Waals surface area (Å²) >= 11 is 3.49. The Morgan fingerprint density at radius 3 is 3.07 bits per heavy atom. The summed E-state index contributed by atoms with van der Waals surface area (Å²) in [6.45, 7) is 3.63. The molecule has 2 unspecified atom stereocenters. The highest BCUT2D eigenvalue weighted by atomic mass is 79.9. The third-order valence-electron chi connectivity index (χ3n) is 3.33. The number of ether oxygens (including phenoxy) is 1. The van der Waals surface area contributed by atoms with Crippen molar-refractivity contribution < 1.29 is 4.74 Å². The van der Waals surface area contributed by atoms with E-state index < -0.39 is 0 Å². The van der Waals surface area contributed by atoms with Gasteiger partial charge in [0.25, 0.3) is 0 Å². The first-order chi connectivity index (χ1) is 7.16. The lowest BCUT2D eigenvalue weighted by Crippen LogP contribution is -2.33. The lowest BCUT2D eigenvalue weighted by Gasteiger charge is -2.30. The SMILES string of the molecule is CC1(c2cccc(Br)c2)OCCC1CN. The van der Waals surface area contributed by atoms with Gasteiger partial charge in [0.05, 0.1) is 5.60 Å². The predicted molar refractivity (Wildman–Crippen MR) is 64.6 cm³/mol. The van der Waals surface area contributed by atoms with Crippen LogP contribution in [0.1, 0.15) is 18.9 Å². The van der Waals surface area contributed by atoms with Gasteiger partial charge in [-0.15, -0.1) is 0 Å². The minimum absolute atomic E-state index is 0.210. The van der Waals surface area contributed by atoms with Gasteiger partial charge >= 0.3 is 0 Å². The summed E-state index contributed by atoms with van der Waals surface area (Å²) in [7, 11) is 0. The van der Waals surface area contributed by atoms with Crippen LogP contribution >= 0.6 is 15.9 Å². The van der Waals surface area contributed by atoms with Crippen LogP contribution in [0.25, 0.3) is 0 Å². The molecule has 2 nitrogen and oxygen atoms in total. The molecular weight excluding hydrogens is 254 g/mol. The van der Waals surface area contributed by atoms with Crippen LogP contribution in [-0.4, -0.2) is 13.2 Å². The summed E-state index contributed by atoms with van der Waals surface area (Å²) in [6.07, 6.45) is 1.06. The maximum atomic E-state index is 5.88. The summed E-state index contributed by atoms with van der Waals surface area (Å²) in [5.41, 5.74) is 6.80. The van der Waals surface area contributed by atoms with E-state index >= 15 is 0 Å². The fourth-order valence-corrected chi connectivity index (χ4v) is 2.66. The van der Waals surface area contributed by atoms with E-state index in [-0.39, 0.29) is 5.60 Å². The number of benzene rings is 1. The molecule has 0 spiro atoms. The number of halogens is 1. The molecular formula is C12H16BrNO. The lowest BCUT2D eigenvalue weighted by molar-refractivity contribution is -0.00796. The first-order valence-electron chi connectivity index (χ1n) is 5.27. The smallest absolute Gasteiger partial charge is 0.0944 e. The summed E-state index contributed by atoms with van der Waals surface area (Å²) < 4.78 is 6.97. The summed E-state index contributed by atoms with van der Waals surface area (Å²) in [5.74, 6) is 0.423. The number of nitrogens with two attached hydrogens (primary N) is 1. The largest absolute Gasteiger partial charge is 0.370 e. The molecule has 82 valence electrons. The highest BCUT2D eigenvalue weighted by molar-refractivity contribution is 9.10. The fraction of sp³-hybridized carbons (Fsp3) is 0.500.